The number of hydrogen-bond donors (Lipinski definition) is 1. The second kappa shape index (κ2) is 5.44. The summed E-state index contributed by atoms with van der Waals surface area (Å²) in [4.78, 5) is 0.399. The summed E-state index contributed by atoms with van der Waals surface area (Å²) in [6, 6.07) is 5.52. The van der Waals surface area contributed by atoms with E-state index in [1.807, 2.05) is 12.1 Å². The van der Waals surface area contributed by atoms with Crippen molar-refractivity contribution in [3.05, 3.63) is 29.3 Å². The number of sulfonamides is 1. The molecule has 20 heavy (non-hydrogen) atoms. The van der Waals surface area contributed by atoms with Crippen LogP contribution in [0.4, 0.5) is 0 Å². The lowest BCUT2D eigenvalue weighted by Gasteiger charge is -2.31. The third kappa shape index (κ3) is 2.48. The maximum atomic E-state index is 12.7. The molecule has 1 aromatic rings. The van der Waals surface area contributed by atoms with E-state index in [0.717, 1.165) is 19.3 Å². The molecule has 0 saturated carbocycles. The van der Waals surface area contributed by atoms with Crippen LogP contribution in [-0.2, 0) is 27.6 Å². The first-order chi connectivity index (χ1) is 9.61. The summed E-state index contributed by atoms with van der Waals surface area (Å²) in [5, 5.41) is 0. The Balaban J connectivity index is 1.87. The average molecular weight is 296 g/mol. The second-order valence-electron chi connectivity index (χ2n) is 5.38. The van der Waals surface area contributed by atoms with E-state index in [2.05, 4.69) is 0 Å². The fourth-order valence-electron chi connectivity index (χ4n) is 2.91. The number of fused-ring (bicyclic) bond motifs is 1. The number of benzene rings is 1. The highest BCUT2D eigenvalue weighted by Crippen LogP contribution is 2.26. The highest BCUT2D eigenvalue weighted by molar-refractivity contribution is 7.89. The van der Waals surface area contributed by atoms with Gasteiger partial charge in [-0.2, -0.15) is 4.31 Å². The van der Waals surface area contributed by atoms with Gasteiger partial charge in [0.1, 0.15) is 0 Å². The minimum Gasteiger partial charge on any atom is -0.374 e. The minimum atomic E-state index is -3.43. The summed E-state index contributed by atoms with van der Waals surface area (Å²) in [5.74, 6) is 0. The maximum Gasteiger partial charge on any atom is 0.243 e. The first-order valence-electron chi connectivity index (χ1n) is 7.05. The third-order valence-electron chi connectivity index (χ3n) is 4.07. The summed E-state index contributed by atoms with van der Waals surface area (Å²) in [6.45, 7) is 1.49. The van der Waals surface area contributed by atoms with E-state index in [4.69, 9.17) is 10.5 Å². The minimum absolute atomic E-state index is 0.201. The largest absolute Gasteiger partial charge is 0.374 e. The molecule has 1 unspecified atom stereocenters. The van der Waals surface area contributed by atoms with Gasteiger partial charge in [-0.15, -0.1) is 0 Å². The predicted molar refractivity (Wildman–Crippen MR) is 76.0 cm³/mol. The average Bonchev–Trinajstić information content (AvgIpc) is 2.94. The number of aryl methyl sites for hydroxylation is 2. The highest BCUT2D eigenvalue weighted by Gasteiger charge is 2.30. The van der Waals surface area contributed by atoms with Crippen LogP contribution < -0.4 is 5.73 Å². The van der Waals surface area contributed by atoms with E-state index < -0.39 is 10.0 Å². The Labute approximate surface area is 119 Å². The van der Waals surface area contributed by atoms with Gasteiger partial charge >= 0.3 is 0 Å². The number of hydrogen-bond acceptors (Lipinski definition) is 4. The van der Waals surface area contributed by atoms with Crippen molar-refractivity contribution in [3.8, 4) is 0 Å². The monoisotopic (exact) mass is 296 g/mol. The van der Waals surface area contributed by atoms with Crippen molar-refractivity contribution >= 4 is 10.0 Å². The molecular formula is C14H20N2O3S. The van der Waals surface area contributed by atoms with Crippen molar-refractivity contribution in [2.45, 2.75) is 30.3 Å². The molecule has 1 aliphatic carbocycles. The molecule has 6 heteroatoms. The van der Waals surface area contributed by atoms with E-state index in [1.54, 1.807) is 6.07 Å². The van der Waals surface area contributed by atoms with Gasteiger partial charge in [0, 0.05) is 19.6 Å². The summed E-state index contributed by atoms with van der Waals surface area (Å²) < 4.78 is 32.3. The molecule has 110 valence electrons. The molecular weight excluding hydrogens is 276 g/mol. The van der Waals surface area contributed by atoms with Crippen LogP contribution >= 0.6 is 0 Å². The van der Waals surface area contributed by atoms with E-state index in [0.29, 0.717) is 31.1 Å². The van der Waals surface area contributed by atoms with Gasteiger partial charge in [0.15, 0.2) is 0 Å². The maximum absolute atomic E-state index is 12.7. The van der Waals surface area contributed by atoms with Gasteiger partial charge in [0.25, 0.3) is 0 Å². The zero-order valence-corrected chi connectivity index (χ0v) is 12.2. The third-order valence-corrected chi connectivity index (χ3v) is 5.93. The Hall–Kier alpha value is -0.950. The van der Waals surface area contributed by atoms with Crippen LogP contribution in [0.2, 0.25) is 0 Å². The molecule has 5 nitrogen and oxygen atoms in total. The number of ether oxygens (including phenoxy) is 1. The molecule has 0 spiro atoms. The molecule has 3 rings (SSSR count). The van der Waals surface area contributed by atoms with Crippen LogP contribution in [-0.4, -0.2) is 45.1 Å². The van der Waals surface area contributed by atoms with Gasteiger partial charge in [-0.1, -0.05) is 6.07 Å². The number of morpholine rings is 1. The van der Waals surface area contributed by atoms with E-state index in [-0.39, 0.29) is 6.10 Å². The summed E-state index contributed by atoms with van der Waals surface area (Å²) in [6.07, 6.45) is 2.95. The van der Waals surface area contributed by atoms with Gasteiger partial charge < -0.3 is 10.5 Å². The van der Waals surface area contributed by atoms with Crippen LogP contribution in [0, 0.1) is 0 Å². The Bertz CT molecular complexity index is 600. The smallest absolute Gasteiger partial charge is 0.243 e. The predicted octanol–water partition coefficient (Wildman–Crippen LogP) is 0.524. The van der Waals surface area contributed by atoms with Gasteiger partial charge in [-0.05, 0) is 42.5 Å². The molecule has 0 amide bonds. The van der Waals surface area contributed by atoms with Crippen molar-refractivity contribution in [3.63, 3.8) is 0 Å². The number of nitrogens with zero attached hydrogens (tertiary/aromatic N) is 1. The molecule has 0 radical (unpaired) electrons. The van der Waals surface area contributed by atoms with Crippen molar-refractivity contribution in [2.75, 3.05) is 26.2 Å². The first kappa shape index (κ1) is 14.0. The number of rotatable bonds is 3. The Morgan fingerprint density at radius 2 is 2.10 bits per heavy atom. The standard InChI is InChI=1S/C14H20N2O3S/c15-9-13-10-16(6-7-19-13)20(17,18)14-5-4-11-2-1-3-12(11)8-14/h4-5,8,13H,1-3,6-7,9-10,15H2. The van der Waals surface area contributed by atoms with Crippen LogP contribution in [0.25, 0.3) is 0 Å². The lowest BCUT2D eigenvalue weighted by atomic mass is 10.1. The summed E-state index contributed by atoms with van der Waals surface area (Å²) >= 11 is 0. The van der Waals surface area contributed by atoms with Gasteiger partial charge in [-0.25, -0.2) is 8.42 Å². The molecule has 1 fully saturated rings. The zero-order valence-electron chi connectivity index (χ0n) is 11.4. The molecule has 1 aliphatic heterocycles. The molecule has 1 heterocycles. The molecule has 1 aromatic carbocycles. The Kier molecular flexibility index (Phi) is 3.81. The van der Waals surface area contributed by atoms with E-state index in [1.165, 1.54) is 15.4 Å². The fraction of sp³-hybridized carbons (Fsp3) is 0.571. The van der Waals surface area contributed by atoms with Gasteiger partial charge in [0.05, 0.1) is 17.6 Å². The lowest BCUT2D eigenvalue weighted by molar-refractivity contribution is 0.00450. The molecule has 2 aliphatic rings. The molecule has 1 atom stereocenters. The molecule has 0 aromatic heterocycles. The summed E-state index contributed by atoms with van der Waals surface area (Å²) in [7, 11) is -3.43. The van der Waals surface area contributed by atoms with Crippen molar-refractivity contribution in [1.82, 2.24) is 4.31 Å². The molecule has 0 bridgehead atoms. The van der Waals surface area contributed by atoms with Crippen molar-refractivity contribution < 1.29 is 13.2 Å². The van der Waals surface area contributed by atoms with Gasteiger partial charge in [0.2, 0.25) is 10.0 Å². The van der Waals surface area contributed by atoms with Crippen molar-refractivity contribution in [2.24, 2.45) is 5.73 Å². The molecule has 1 saturated heterocycles. The van der Waals surface area contributed by atoms with E-state index >= 15 is 0 Å². The quantitative estimate of drug-likeness (QED) is 0.883. The topological polar surface area (TPSA) is 72.6 Å². The second-order valence-corrected chi connectivity index (χ2v) is 7.31. The van der Waals surface area contributed by atoms with Crippen LogP contribution in [0.5, 0.6) is 0 Å². The van der Waals surface area contributed by atoms with E-state index in [9.17, 15) is 8.42 Å². The zero-order chi connectivity index (χ0) is 14.2. The van der Waals surface area contributed by atoms with Gasteiger partial charge in [-0.3, -0.25) is 0 Å². The number of nitrogens with two attached hydrogens (primary N) is 1. The highest BCUT2D eigenvalue weighted by atomic mass is 32.2. The van der Waals surface area contributed by atoms with Crippen LogP contribution in [0.15, 0.2) is 23.1 Å². The Morgan fingerprint density at radius 3 is 2.90 bits per heavy atom. The summed E-state index contributed by atoms with van der Waals surface area (Å²) in [5.41, 5.74) is 8.03. The van der Waals surface area contributed by atoms with Crippen molar-refractivity contribution in [1.29, 1.82) is 0 Å². The first-order valence-corrected chi connectivity index (χ1v) is 8.49. The SMILES string of the molecule is NCC1CN(S(=O)(=O)c2ccc3c(c2)CCC3)CCO1. The Morgan fingerprint density at radius 1 is 1.30 bits per heavy atom. The van der Waals surface area contributed by atoms with Crippen LogP contribution in [0.3, 0.4) is 0 Å². The lowest BCUT2D eigenvalue weighted by Crippen LogP contribution is -2.48. The van der Waals surface area contributed by atoms with Crippen LogP contribution in [0.1, 0.15) is 17.5 Å². The fourth-order valence-corrected chi connectivity index (χ4v) is 4.42. The molecule has 2 N–H and O–H groups in total. The normalized spacial score (nSPS) is 23.8.